The molecule has 0 atom stereocenters. The predicted molar refractivity (Wildman–Crippen MR) is 107 cm³/mol. The molecular weight excluding hydrogens is 384 g/mol. The zero-order valence-corrected chi connectivity index (χ0v) is 15.7. The molecule has 0 saturated heterocycles. The van der Waals surface area contributed by atoms with E-state index in [0.717, 1.165) is 0 Å². The van der Waals surface area contributed by atoms with Crippen LogP contribution < -0.4 is 5.32 Å². The minimum absolute atomic E-state index is 0.146. The Morgan fingerprint density at radius 1 is 0.967 bits per heavy atom. The fourth-order valence-electron chi connectivity index (χ4n) is 2.68. The lowest BCUT2D eigenvalue weighted by molar-refractivity contribution is 0.0431. The number of carbonyl (C=O) groups is 2. The molecule has 0 bridgehead atoms. The molecule has 8 nitrogen and oxygen atoms in total. The van der Waals surface area contributed by atoms with Gasteiger partial charge in [0, 0.05) is 23.5 Å². The highest BCUT2D eigenvalue weighted by Gasteiger charge is 2.17. The van der Waals surface area contributed by atoms with Gasteiger partial charge < -0.3 is 14.6 Å². The van der Waals surface area contributed by atoms with E-state index < -0.39 is 5.97 Å². The average Bonchev–Trinajstić information content (AvgIpc) is 3.28. The zero-order chi connectivity index (χ0) is 20.8. The van der Waals surface area contributed by atoms with Crippen LogP contribution in [-0.4, -0.2) is 27.0 Å². The highest BCUT2D eigenvalue weighted by atomic mass is 16.6. The summed E-state index contributed by atoms with van der Waals surface area (Å²) in [7, 11) is 0. The smallest absolute Gasteiger partial charge is 0.340 e. The SMILES string of the molecule is O=C(Nc1ccccc1C(=O)OCc1nc(-c2cccnc2)no1)c1ccccc1. The van der Waals surface area contributed by atoms with E-state index in [-0.39, 0.29) is 24.0 Å². The number of nitrogens with zero attached hydrogens (tertiary/aromatic N) is 3. The second-order valence-electron chi connectivity index (χ2n) is 6.20. The lowest BCUT2D eigenvalue weighted by atomic mass is 10.1. The molecule has 0 spiro atoms. The van der Waals surface area contributed by atoms with E-state index in [1.807, 2.05) is 6.07 Å². The molecule has 0 saturated carbocycles. The number of hydrogen-bond acceptors (Lipinski definition) is 7. The molecule has 0 aliphatic carbocycles. The standard InChI is InChI=1S/C22H16N4O4/c27-21(15-7-2-1-3-8-15)24-18-11-5-4-10-17(18)22(28)29-14-19-25-20(26-30-19)16-9-6-12-23-13-16/h1-13H,14H2,(H,24,27). The van der Waals surface area contributed by atoms with Crippen molar-refractivity contribution in [3.8, 4) is 11.4 Å². The Labute approximate surface area is 171 Å². The summed E-state index contributed by atoms with van der Waals surface area (Å²) < 4.78 is 10.4. The molecule has 8 heteroatoms. The summed E-state index contributed by atoms with van der Waals surface area (Å²) in [6, 6.07) is 18.9. The molecule has 2 heterocycles. The van der Waals surface area contributed by atoms with Crippen molar-refractivity contribution in [2.45, 2.75) is 6.61 Å². The minimum Gasteiger partial charge on any atom is -0.452 e. The summed E-state index contributed by atoms with van der Waals surface area (Å²) in [5.41, 5.74) is 1.73. The minimum atomic E-state index is -0.625. The number of ether oxygens (including phenoxy) is 1. The van der Waals surface area contributed by atoms with Crippen molar-refractivity contribution >= 4 is 17.6 Å². The Kier molecular flexibility index (Phi) is 5.56. The molecule has 0 fully saturated rings. The number of pyridine rings is 1. The predicted octanol–water partition coefficient (Wildman–Crippen LogP) is 3.74. The molecule has 1 amide bonds. The van der Waals surface area contributed by atoms with Crippen molar-refractivity contribution in [3.05, 3.63) is 96.1 Å². The van der Waals surface area contributed by atoms with E-state index >= 15 is 0 Å². The van der Waals surface area contributed by atoms with Gasteiger partial charge in [0.15, 0.2) is 6.61 Å². The first-order chi connectivity index (χ1) is 14.7. The number of para-hydroxylation sites is 1. The second kappa shape index (κ2) is 8.78. The summed E-state index contributed by atoms with van der Waals surface area (Å²) in [5.74, 6) is -0.452. The van der Waals surface area contributed by atoms with E-state index in [9.17, 15) is 9.59 Å². The summed E-state index contributed by atoms with van der Waals surface area (Å²) in [4.78, 5) is 33.2. The number of anilines is 1. The zero-order valence-electron chi connectivity index (χ0n) is 15.7. The molecule has 30 heavy (non-hydrogen) atoms. The summed E-state index contributed by atoms with van der Waals surface area (Å²) >= 11 is 0. The molecule has 0 radical (unpaired) electrons. The van der Waals surface area contributed by atoms with Crippen LogP contribution in [0.1, 0.15) is 26.6 Å². The Hall–Kier alpha value is -4.33. The largest absolute Gasteiger partial charge is 0.452 e. The molecule has 4 rings (SSSR count). The number of nitrogens with one attached hydrogen (secondary N) is 1. The Balaban J connectivity index is 1.43. The van der Waals surface area contributed by atoms with Crippen molar-refractivity contribution in [3.63, 3.8) is 0 Å². The van der Waals surface area contributed by atoms with Gasteiger partial charge >= 0.3 is 5.97 Å². The van der Waals surface area contributed by atoms with E-state index in [1.54, 1.807) is 73.1 Å². The average molecular weight is 400 g/mol. The number of hydrogen-bond donors (Lipinski definition) is 1. The van der Waals surface area contributed by atoms with E-state index in [2.05, 4.69) is 20.4 Å². The monoisotopic (exact) mass is 400 g/mol. The van der Waals surface area contributed by atoms with Gasteiger partial charge in [0.05, 0.1) is 11.3 Å². The van der Waals surface area contributed by atoms with Crippen LogP contribution in [0.3, 0.4) is 0 Å². The molecule has 0 aliphatic rings. The first-order valence-electron chi connectivity index (χ1n) is 9.06. The number of esters is 1. The number of carbonyl (C=O) groups excluding carboxylic acids is 2. The number of aromatic nitrogens is 3. The van der Waals surface area contributed by atoms with Crippen LogP contribution in [-0.2, 0) is 11.3 Å². The van der Waals surface area contributed by atoms with Gasteiger partial charge in [-0.25, -0.2) is 4.79 Å². The Bertz CT molecular complexity index is 1160. The van der Waals surface area contributed by atoms with Crippen LogP contribution in [0.4, 0.5) is 5.69 Å². The Morgan fingerprint density at radius 3 is 2.57 bits per heavy atom. The summed E-state index contributed by atoms with van der Waals surface area (Å²) in [6.07, 6.45) is 3.24. The van der Waals surface area contributed by atoms with Gasteiger partial charge in [-0.3, -0.25) is 9.78 Å². The van der Waals surface area contributed by atoms with Gasteiger partial charge in [0.25, 0.3) is 11.8 Å². The van der Waals surface area contributed by atoms with Crippen LogP contribution in [0.25, 0.3) is 11.4 Å². The summed E-state index contributed by atoms with van der Waals surface area (Å²) in [6.45, 7) is -0.201. The maximum Gasteiger partial charge on any atom is 0.340 e. The molecule has 148 valence electrons. The van der Waals surface area contributed by atoms with Crippen LogP contribution in [0, 0.1) is 0 Å². The molecular formula is C22H16N4O4. The Morgan fingerprint density at radius 2 is 1.77 bits per heavy atom. The van der Waals surface area contributed by atoms with Gasteiger partial charge in [0.1, 0.15) is 0 Å². The lowest BCUT2D eigenvalue weighted by Gasteiger charge is -2.10. The number of rotatable bonds is 6. The number of benzene rings is 2. The van der Waals surface area contributed by atoms with Crippen molar-refractivity contribution < 1.29 is 18.8 Å². The second-order valence-corrected chi connectivity index (χ2v) is 6.20. The molecule has 2 aromatic carbocycles. The van der Waals surface area contributed by atoms with Gasteiger partial charge in [-0.1, -0.05) is 35.5 Å². The third kappa shape index (κ3) is 4.39. The molecule has 1 N–H and O–H groups in total. The van der Waals surface area contributed by atoms with Crippen LogP contribution >= 0.6 is 0 Å². The van der Waals surface area contributed by atoms with Gasteiger partial charge in [-0.05, 0) is 36.4 Å². The van der Waals surface area contributed by atoms with Gasteiger partial charge in [0.2, 0.25) is 5.82 Å². The molecule has 0 aliphatic heterocycles. The third-order valence-electron chi connectivity index (χ3n) is 4.15. The van der Waals surface area contributed by atoms with Crippen molar-refractivity contribution in [1.29, 1.82) is 0 Å². The van der Waals surface area contributed by atoms with Crippen molar-refractivity contribution in [2.24, 2.45) is 0 Å². The van der Waals surface area contributed by atoms with Crippen LogP contribution in [0.2, 0.25) is 0 Å². The fraction of sp³-hybridized carbons (Fsp3) is 0.0455. The topological polar surface area (TPSA) is 107 Å². The number of amides is 1. The highest BCUT2D eigenvalue weighted by Crippen LogP contribution is 2.19. The molecule has 2 aromatic heterocycles. The first kappa shape index (κ1) is 19.0. The summed E-state index contributed by atoms with van der Waals surface area (Å²) in [5, 5.41) is 6.59. The van der Waals surface area contributed by atoms with Crippen molar-refractivity contribution in [2.75, 3.05) is 5.32 Å². The maximum absolute atomic E-state index is 12.6. The fourth-order valence-corrected chi connectivity index (χ4v) is 2.68. The van der Waals surface area contributed by atoms with Gasteiger partial charge in [-0.15, -0.1) is 0 Å². The highest BCUT2D eigenvalue weighted by molar-refractivity contribution is 6.07. The maximum atomic E-state index is 12.6. The third-order valence-corrected chi connectivity index (χ3v) is 4.15. The first-order valence-corrected chi connectivity index (χ1v) is 9.06. The van der Waals surface area contributed by atoms with E-state index in [1.165, 1.54) is 0 Å². The van der Waals surface area contributed by atoms with Gasteiger partial charge in [-0.2, -0.15) is 4.98 Å². The van der Waals surface area contributed by atoms with E-state index in [0.29, 0.717) is 22.6 Å². The van der Waals surface area contributed by atoms with Crippen molar-refractivity contribution in [1.82, 2.24) is 15.1 Å². The lowest BCUT2D eigenvalue weighted by Crippen LogP contribution is -2.15. The van der Waals surface area contributed by atoms with E-state index in [4.69, 9.17) is 9.26 Å². The molecule has 0 unspecified atom stereocenters. The molecule has 4 aromatic rings. The van der Waals surface area contributed by atoms with Crippen LogP contribution in [0.5, 0.6) is 0 Å². The normalized spacial score (nSPS) is 10.4. The quantitative estimate of drug-likeness (QED) is 0.491. The van der Waals surface area contributed by atoms with Crippen LogP contribution in [0.15, 0.2) is 83.6 Å².